The van der Waals surface area contributed by atoms with Crippen LogP contribution in [0.3, 0.4) is 0 Å². The number of allylic oxidation sites excluding steroid dienone is 2. The van der Waals surface area contributed by atoms with Crippen LogP contribution >= 0.6 is 0 Å². The maximum absolute atomic E-state index is 12.9. The largest absolute Gasteiger partial charge is 0.481 e. The van der Waals surface area contributed by atoms with Gasteiger partial charge in [-0.3, -0.25) is 14.4 Å². The Hall–Kier alpha value is -1.85. The van der Waals surface area contributed by atoms with Gasteiger partial charge < -0.3 is 14.9 Å². The second-order valence-corrected chi connectivity index (χ2v) is 17.8. The summed E-state index contributed by atoms with van der Waals surface area (Å²) in [6, 6.07) is 0. The van der Waals surface area contributed by atoms with E-state index in [9.17, 15) is 19.5 Å². The van der Waals surface area contributed by atoms with Gasteiger partial charge in [-0.1, -0.05) is 73.0 Å². The quantitative estimate of drug-likeness (QED) is 0.153. The molecule has 4 saturated carbocycles. The van der Waals surface area contributed by atoms with Crippen LogP contribution in [0.25, 0.3) is 0 Å². The molecule has 5 aliphatic rings. The van der Waals surface area contributed by atoms with Gasteiger partial charge in [-0.2, -0.15) is 0 Å². The van der Waals surface area contributed by atoms with Gasteiger partial charge in [-0.05, 0) is 116 Å². The first-order valence-electron chi connectivity index (χ1n) is 17.8. The van der Waals surface area contributed by atoms with Crippen molar-refractivity contribution in [2.45, 2.75) is 157 Å². The molecule has 0 saturated heterocycles. The number of unbranched alkanes of at least 4 members (excludes halogenated alkanes) is 3. The van der Waals surface area contributed by atoms with Crippen LogP contribution < -0.4 is 0 Å². The third-order valence-corrected chi connectivity index (χ3v) is 14.8. The van der Waals surface area contributed by atoms with E-state index in [1.165, 1.54) is 5.57 Å². The van der Waals surface area contributed by atoms with Gasteiger partial charge in [0.2, 0.25) is 0 Å². The van der Waals surface area contributed by atoms with Crippen LogP contribution in [0.15, 0.2) is 11.6 Å². The van der Waals surface area contributed by atoms with Crippen molar-refractivity contribution in [1.29, 1.82) is 0 Å². The number of rotatable bonds is 9. The molecular formula is C38H60O6. The summed E-state index contributed by atoms with van der Waals surface area (Å²) in [5.41, 5.74) is 1.20. The molecule has 0 aromatic rings. The zero-order valence-corrected chi connectivity index (χ0v) is 28.7. The SMILES string of the molecule is CC1(C)CC[C@]2(C(=O)O)CC[C@]3(C)C(=CCC4[C@@]5(C)CC[C@H](OC(=O)CCCCCCC(=O)O)C(C)(C)C5CC[C@]43C)C2C1. The zero-order chi connectivity index (χ0) is 32.3. The Bertz CT molecular complexity index is 1180. The van der Waals surface area contributed by atoms with Gasteiger partial charge in [0.25, 0.3) is 0 Å². The number of hydrogen-bond acceptors (Lipinski definition) is 4. The van der Waals surface area contributed by atoms with E-state index in [-0.39, 0.29) is 51.5 Å². The van der Waals surface area contributed by atoms with Crippen molar-refractivity contribution in [3.63, 3.8) is 0 Å². The van der Waals surface area contributed by atoms with E-state index in [1.807, 2.05) is 0 Å². The van der Waals surface area contributed by atoms with Crippen molar-refractivity contribution in [2.75, 3.05) is 0 Å². The number of aliphatic carboxylic acids is 2. The highest BCUT2D eigenvalue weighted by molar-refractivity contribution is 5.76. The topological polar surface area (TPSA) is 101 Å². The smallest absolute Gasteiger partial charge is 0.310 e. The average Bonchev–Trinajstić information content (AvgIpc) is 2.92. The fourth-order valence-corrected chi connectivity index (χ4v) is 11.9. The number of fused-ring (bicyclic) bond motifs is 7. The molecule has 5 aliphatic carbocycles. The van der Waals surface area contributed by atoms with Gasteiger partial charge >= 0.3 is 17.9 Å². The fraction of sp³-hybridized carbons (Fsp3) is 0.868. The summed E-state index contributed by atoms with van der Waals surface area (Å²) in [5.74, 6) is -0.318. The van der Waals surface area contributed by atoms with Crippen LogP contribution in [-0.2, 0) is 19.1 Å². The number of carboxylic acid groups (broad SMARTS) is 2. The van der Waals surface area contributed by atoms with Crippen LogP contribution in [0.5, 0.6) is 0 Å². The molecule has 44 heavy (non-hydrogen) atoms. The number of carbonyl (C=O) groups excluding carboxylic acids is 1. The summed E-state index contributed by atoms with van der Waals surface area (Å²) in [6.45, 7) is 16.9. The van der Waals surface area contributed by atoms with E-state index < -0.39 is 17.4 Å². The number of carbonyl (C=O) groups is 3. The van der Waals surface area contributed by atoms with Gasteiger partial charge in [0.15, 0.2) is 0 Å². The highest BCUT2D eigenvalue weighted by Crippen LogP contribution is 2.75. The molecule has 0 heterocycles. The molecule has 6 nitrogen and oxygen atoms in total. The predicted molar refractivity (Wildman–Crippen MR) is 172 cm³/mol. The lowest BCUT2D eigenvalue weighted by Crippen LogP contribution is -2.65. The van der Waals surface area contributed by atoms with Crippen molar-refractivity contribution >= 4 is 17.9 Å². The molecule has 5 rings (SSSR count). The van der Waals surface area contributed by atoms with Crippen LogP contribution in [0.2, 0.25) is 0 Å². The monoisotopic (exact) mass is 612 g/mol. The first-order chi connectivity index (χ1) is 20.4. The minimum absolute atomic E-state index is 0.0128. The lowest BCUT2D eigenvalue weighted by molar-refractivity contribution is -0.214. The second kappa shape index (κ2) is 11.4. The molecule has 0 aliphatic heterocycles. The zero-order valence-electron chi connectivity index (χ0n) is 28.7. The van der Waals surface area contributed by atoms with Gasteiger partial charge in [0.05, 0.1) is 5.41 Å². The van der Waals surface area contributed by atoms with E-state index in [0.29, 0.717) is 24.7 Å². The Balaban J connectivity index is 1.33. The molecule has 6 heteroatoms. The fourth-order valence-electron chi connectivity index (χ4n) is 11.9. The van der Waals surface area contributed by atoms with E-state index in [1.54, 1.807) is 0 Å². The highest BCUT2D eigenvalue weighted by atomic mass is 16.5. The summed E-state index contributed by atoms with van der Waals surface area (Å²) in [4.78, 5) is 36.6. The molecule has 8 atom stereocenters. The van der Waals surface area contributed by atoms with Crippen molar-refractivity contribution in [3.8, 4) is 0 Å². The molecule has 0 amide bonds. The minimum Gasteiger partial charge on any atom is -0.481 e. The van der Waals surface area contributed by atoms with Crippen molar-refractivity contribution in [2.24, 2.45) is 50.2 Å². The molecular weight excluding hydrogens is 552 g/mol. The molecule has 0 radical (unpaired) electrons. The standard InChI is InChI=1S/C38H60O6/c1-33(2)20-22-38(32(42)43)23-21-36(6)25(26(38)24-33)14-15-28-35(5)18-17-29(34(3,4)27(35)16-19-37(28,36)7)44-31(41)13-11-9-8-10-12-30(39)40/h14,26-29H,8-13,15-24H2,1-7H3,(H,39,40)(H,42,43)/t26?,27?,28?,29-,35-,36+,37+,38-/m0/s1. The Labute approximate surface area is 266 Å². The lowest BCUT2D eigenvalue weighted by atomic mass is 9.33. The second-order valence-electron chi connectivity index (χ2n) is 17.8. The Morgan fingerprint density at radius 2 is 1.45 bits per heavy atom. The predicted octanol–water partition coefficient (Wildman–Crippen LogP) is 9.21. The normalized spacial score (nSPS) is 42.0. The summed E-state index contributed by atoms with van der Waals surface area (Å²) in [6.07, 6.45) is 15.9. The summed E-state index contributed by atoms with van der Waals surface area (Å²) in [7, 11) is 0. The van der Waals surface area contributed by atoms with E-state index in [0.717, 1.165) is 83.5 Å². The van der Waals surface area contributed by atoms with Crippen molar-refractivity contribution in [3.05, 3.63) is 11.6 Å². The Kier molecular flexibility index (Phi) is 8.71. The van der Waals surface area contributed by atoms with Crippen LogP contribution in [-0.4, -0.2) is 34.2 Å². The van der Waals surface area contributed by atoms with E-state index >= 15 is 0 Å². The van der Waals surface area contributed by atoms with E-state index in [4.69, 9.17) is 9.84 Å². The van der Waals surface area contributed by atoms with Gasteiger partial charge in [0, 0.05) is 18.3 Å². The first-order valence-corrected chi connectivity index (χ1v) is 17.8. The summed E-state index contributed by atoms with van der Waals surface area (Å²) < 4.78 is 6.22. The molecule has 3 unspecified atom stereocenters. The molecule has 2 N–H and O–H groups in total. The first kappa shape index (κ1) is 33.5. The lowest BCUT2D eigenvalue weighted by Gasteiger charge is -2.71. The molecule has 0 bridgehead atoms. The minimum atomic E-state index is -0.759. The van der Waals surface area contributed by atoms with E-state index in [2.05, 4.69) is 54.5 Å². The van der Waals surface area contributed by atoms with Crippen molar-refractivity contribution < 1.29 is 29.3 Å². The number of carboxylic acids is 2. The van der Waals surface area contributed by atoms with Gasteiger partial charge in [0.1, 0.15) is 6.10 Å². The average molecular weight is 613 g/mol. The molecule has 0 aromatic heterocycles. The summed E-state index contributed by atoms with van der Waals surface area (Å²) >= 11 is 0. The van der Waals surface area contributed by atoms with Crippen LogP contribution in [0.4, 0.5) is 0 Å². The Morgan fingerprint density at radius 1 is 0.795 bits per heavy atom. The molecule has 0 aromatic carbocycles. The highest BCUT2D eigenvalue weighted by Gasteiger charge is 2.69. The molecule has 248 valence electrons. The molecule has 4 fully saturated rings. The van der Waals surface area contributed by atoms with Crippen LogP contribution in [0.1, 0.15) is 151 Å². The Morgan fingerprint density at radius 3 is 2.11 bits per heavy atom. The third kappa shape index (κ3) is 5.26. The number of hydrogen-bond donors (Lipinski definition) is 2. The maximum Gasteiger partial charge on any atom is 0.310 e. The number of esters is 1. The van der Waals surface area contributed by atoms with Crippen molar-refractivity contribution in [1.82, 2.24) is 0 Å². The molecule has 0 spiro atoms. The maximum atomic E-state index is 12.9. The van der Waals surface area contributed by atoms with Gasteiger partial charge in [-0.25, -0.2) is 0 Å². The van der Waals surface area contributed by atoms with Crippen LogP contribution in [0, 0.1) is 50.2 Å². The summed E-state index contributed by atoms with van der Waals surface area (Å²) in [5, 5.41) is 19.4. The third-order valence-electron chi connectivity index (χ3n) is 14.8. The number of ether oxygens (including phenoxy) is 1. The van der Waals surface area contributed by atoms with Gasteiger partial charge in [-0.15, -0.1) is 0 Å².